The molecule has 0 bridgehead atoms. The monoisotopic (exact) mass is 426 g/mol. The van der Waals surface area contributed by atoms with Crippen molar-refractivity contribution in [3.63, 3.8) is 0 Å². The Kier molecular flexibility index (Phi) is 13.3. The highest BCUT2D eigenvalue weighted by atomic mass is 127. The first-order valence-electron chi connectivity index (χ1n) is 8.42. The third-order valence-corrected chi connectivity index (χ3v) is 3.90. The van der Waals surface area contributed by atoms with E-state index >= 15 is 0 Å². The predicted molar refractivity (Wildman–Crippen MR) is 105 cm³/mol. The van der Waals surface area contributed by atoms with Crippen molar-refractivity contribution in [3.8, 4) is 0 Å². The number of nitrogens with zero attached hydrogens (tertiary/aromatic N) is 2. The Bertz CT molecular complexity index is 300. The first-order chi connectivity index (χ1) is 10.2. The van der Waals surface area contributed by atoms with E-state index in [2.05, 4.69) is 36.3 Å². The first-order valence-corrected chi connectivity index (χ1v) is 8.42. The molecule has 0 aromatic heterocycles. The van der Waals surface area contributed by atoms with Crippen LogP contribution in [0.4, 0.5) is 0 Å². The molecule has 1 saturated heterocycles. The SMILES string of the molecule is CCNC(=NCC1CCCN1CCOC)NCCC(C)C.I. The second-order valence-corrected chi connectivity index (χ2v) is 6.15. The fraction of sp³-hybridized carbons (Fsp3) is 0.938. The van der Waals surface area contributed by atoms with Crippen LogP contribution in [0.15, 0.2) is 4.99 Å². The van der Waals surface area contributed by atoms with Crippen LogP contribution in [-0.2, 0) is 4.74 Å². The Hall–Kier alpha value is -0.0800. The topological polar surface area (TPSA) is 48.9 Å². The summed E-state index contributed by atoms with van der Waals surface area (Å²) in [6.07, 6.45) is 3.70. The highest BCUT2D eigenvalue weighted by molar-refractivity contribution is 14.0. The average molecular weight is 426 g/mol. The predicted octanol–water partition coefficient (Wildman–Crippen LogP) is 2.32. The van der Waals surface area contributed by atoms with Gasteiger partial charge in [-0.2, -0.15) is 0 Å². The van der Waals surface area contributed by atoms with Crippen LogP contribution in [0.1, 0.15) is 40.0 Å². The maximum atomic E-state index is 5.19. The van der Waals surface area contributed by atoms with Crippen LogP contribution in [0.5, 0.6) is 0 Å². The number of nitrogens with one attached hydrogen (secondary N) is 2. The highest BCUT2D eigenvalue weighted by Crippen LogP contribution is 2.16. The lowest BCUT2D eigenvalue weighted by Gasteiger charge is -2.23. The maximum absolute atomic E-state index is 5.19. The standard InChI is InChI=1S/C16H34N4O.HI/c1-5-17-16(18-9-8-14(2)3)19-13-15-7-6-10-20(15)11-12-21-4;/h14-15H,5-13H2,1-4H3,(H2,17,18,19);1H. The van der Waals surface area contributed by atoms with Gasteiger partial charge >= 0.3 is 0 Å². The molecule has 2 N–H and O–H groups in total. The zero-order valence-corrected chi connectivity index (χ0v) is 17.1. The third-order valence-electron chi connectivity index (χ3n) is 3.90. The van der Waals surface area contributed by atoms with Crippen molar-refractivity contribution in [3.05, 3.63) is 0 Å². The summed E-state index contributed by atoms with van der Waals surface area (Å²) in [7, 11) is 1.77. The largest absolute Gasteiger partial charge is 0.383 e. The Morgan fingerprint density at radius 1 is 1.36 bits per heavy atom. The summed E-state index contributed by atoms with van der Waals surface area (Å²) in [6.45, 7) is 12.4. The summed E-state index contributed by atoms with van der Waals surface area (Å²) < 4.78 is 5.19. The zero-order valence-electron chi connectivity index (χ0n) is 14.7. The van der Waals surface area contributed by atoms with Gasteiger partial charge in [0, 0.05) is 32.8 Å². The number of halogens is 1. The number of methoxy groups -OCH3 is 1. The molecule has 1 fully saturated rings. The van der Waals surface area contributed by atoms with Gasteiger partial charge in [0.2, 0.25) is 0 Å². The van der Waals surface area contributed by atoms with Crippen molar-refractivity contribution in [2.45, 2.75) is 46.1 Å². The van der Waals surface area contributed by atoms with Crippen molar-refractivity contribution < 1.29 is 4.74 Å². The first kappa shape index (κ1) is 21.9. The van der Waals surface area contributed by atoms with Crippen molar-refractivity contribution >= 4 is 29.9 Å². The minimum atomic E-state index is 0. The molecule has 1 atom stereocenters. The number of guanidine groups is 1. The molecule has 1 unspecified atom stereocenters. The zero-order chi connectivity index (χ0) is 15.5. The molecule has 1 heterocycles. The summed E-state index contributed by atoms with van der Waals surface area (Å²) >= 11 is 0. The lowest BCUT2D eigenvalue weighted by atomic mass is 10.1. The molecule has 22 heavy (non-hydrogen) atoms. The highest BCUT2D eigenvalue weighted by Gasteiger charge is 2.23. The molecule has 0 aromatic carbocycles. The molecule has 0 aromatic rings. The van der Waals surface area contributed by atoms with Gasteiger partial charge in [-0.3, -0.25) is 9.89 Å². The van der Waals surface area contributed by atoms with E-state index in [-0.39, 0.29) is 24.0 Å². The van der Waals surface area contributed by atoms with Gasteiger partial charge in [0.05, 0.1) is 13.2 Å². The van der Waals surface area contributed by atoms with Gasteiger partial charge in [-0.25, -0.2) is 0 Å². The van der Waals surface area contributed by atoms with Gasteiger partial charge in [-0.15, -0.1) is 24.0 Å². The van der Waals surface area contributed by atoms with Crippen LogP contribution in [-0.4, -0.2) is 63.3 Å². The normalized spacial score (nSPS) is 19.3. The molecule has 0 radical (unpaired) electrons. The van der Waals surface area contributed by atoms with E-state index in [9.17, 15) is 0 Å². The molecule has 132 valence electrons. The van der Waals surface area contributed by atoms with Crippen LogP contribution >= 0.6 is 24.0 Å². The van der Waals surface area contributed by atoms with Gasteiger partial charge in [-0.1, -0.05) is 13.8 Å². The molecule has 0 aliphatic carbocycles. The van der Waals surface area contributed by atoms with Gasteiger partial charge in [0.25, 0.3) is 0 Å². The van der Waals surface area contributed by atoms with Crippen LogP contribution in [0.3, 0.4) is 0 Å². The van der Waals surface area contributed by atoms with Gasteiger partial charge in [0.1, 0.15) is 0 Å². The summed E-state index contributed by atoms with van der Waals surface area (Å²) in [4.78, 5) is 7.27. The Morgan fingerprint density at radius 3 is 2.77 bits per heavy atom. The maximum Gasteiger partial charge on any atom is 0.191 e. The van der Waals surface area contributed by atoms with Gasteiger partial charge < -0.3 is 15.4 Å². The van der Waals surface area contributed by atoms with Crippen molar-refractivity contribution in [2.24, 2.45) is 10.9 Å². The van der Waals surface area contributed by atoms with Crippen molar-refractivity contribution in [2.75, 3.05) is 46.4 Å². The Labute approximate surface area is 153 Å². The average Bonchev–Trinajstić information content (AvgIpc) is 2.89. The van der Waals surface area contributed by atoms with E-state index in [0.717, 1.165) is 44.7 Å². The quantitative estimate of drug-likeness (QED) is 0.338. The van der Waals surface area contributed by atoms with Crippen molar-refractivity contribution in [1.29, 1.82) is 0 Å². The molecular weight excluding hydrogens is 391 g/mol. The minimum absolute atomic E-state index is 0. The number of rotatable bonds is 9. The molecule has 0 amide bonds. The lowest BCUT2D eigenvalue weighted by Crippen LogP contribution is -2.40. The second kappa shape index (κ2) is 13.4. The fourth-order valence-corrected chi connectivity index (χ4v) is 2.62. The van der Waals surface area contributed by atoms with Crippen LogP contribution in [0, 0.1) is 5.92 Å². The molecule has 1 rings (SSSR count). The van der Waals surface area contributed by atoms with E-state index in [0.29, 0.717) is 6.04 Å². The number of hydrogen-bond donors (Lipinski definition) is 2. The van der Waals surface area contributed by atoms with Gasteiger partial charge in [-0.05, 0) is 38.6 Å². The fourth-order valence-electron chi connectivity index (χ4n) is 2.62. The minimum Gasteiger partial charge on any atom is -0.383 e. The number of ether oxygens (including phenoxy) is 1. The number of likely N-dealkylation sites (tertiary alicyclic amines) is 1. The third kappa shape index (κ3) is 9.15. The van der Waals surface area contributed by atoms with E-state index in [1.165, 1.54) is 25.8 Å². The summed E-state index contributed by atoms with van der Waals surface area (Å²) in [5.74, 6) is 1.68. The van der Waals surface area contributed by atoms with Crippen LogP contribution < -0.4 is 10.6 Å². The van der Waals surface area contributed by atoms with E-state index in [1.54, 1.807) is 7.11 Å². The molecule has 5 nitrogen and oxygen atoms in total. The number of hydrogen-bond acceptors (Lipinski definition) is 3. The van der Waals surface area contributed by atoms with E-state index in [1.807, 2.05) is 0 Å². The molecule has 1 aliphatic rings. The van der Waals surface area contributed by atoms with Crippen LogP contribution in [0.25, 0.3) is 0 Å². The van der Waals surface area contributed by atoms with Crippen LogP contribution in [0.2, 0.25) is 0 Å². The summed E-state index contributed by atoms with van der Waals surface area (Å²) in [5.41, 5.74) is 0. The number of aliphatic imine (C=N–C) groups is 1. The van der Waals surface area contributed by atoms with E-state index < -0.39 is 0 Å². The molecule has 1 aliphatic heterocycles. The smallest absolute Gasteiger partial charge is 0.191 e. The molecular formula is C16H35IN4O. The van der Waals surface area contributed by atoms with E-state index in [4.69, 9.17) is 9.73 Å². The van der Waals surface area contributed by atoms with Gasteiger partial charge in [0.15, 0.2) is 5.96 Å². The Morgan fingerprint density at radius 2 is 2.14 bits per heavy atom. The molecule has 0 spiro atoms. The summed E-state index contributed by atoms with van der Waals surface area (Å²) in [5, 5.41) is 6.76. The lowest BCUT2D eigenvalue weighted by molar-refractivity contribution is 0.142. The summed E-state index contributed by atoms with van der Waals surface area (Å²) in [6, 6.07) is 0.570. The molecule has 6 heteroatoms. The second-order valence-electron chi connectivity index (χ2n) is 6.15. The Balaban J connectivity index is 0.00000441. The van der Waals surface area contributed by atoms with Crippen molar-refractivity contribution in [1.82, 2.24) is 15.5 Å². The molecule has 0 saturated carbocycles.